The van der Waals surface area contributed by atoms with Crippen LogP contribution in [0.5, 0.6) is 0 Å². The third-order valence-corrected chi connectivity index (χ3v) is 4.58. The molecule has 3 aliphatic rings. The van der Waals surface area contributed by atoms with Crippen LogP contribution in [-0.4, -0.2) is 56.4 Å². The van der Waals surface area contributed by atoms with Gasteiger partial charge in [-0.15, -0.1) is 0 Å². The van der Waals surface area contributed by atoms with Crippen LogP contribution in [0.4, 0.5) is 4.79 Å². The molecule has 0 aromatic rings. The summed E-state index contributed by atoms with van der Waals surface area (Å²) in [6, 6.07) is 0.481. The number of nitrogens with zero attached hydrogens (tertiary/aromatic N) is 1. The zero-order valence-electron chi connectivity index (χ0n) is 10.9. The van der Waals surface area contributed by atoms with Crippen molar-refractivity contribution in [3.05, 3.63) is 0 Å². The van der Waals surface area contributed by atoms with Gasteiger partial charge < -0.3 is 20.3 Å². The summed E-state index contributed by atoms with van der Waals surface area (Å²) in [6.07, 6.45) is 3.54. The standard InChI is InChI=1S/C13H23N3O2/c17-13(16-3-5-18-6-4-16)15-12-2-1-10-8-14-9-11(10)7-12/h10-12,14H,1-9H2,(H,15,17)/t10-,11+,12?/m0/s1. The Morgan fingerprint density at radius 2 is 1.94 bits per heavy atom. The van der Waals surface area contributed by atoms with Gasteiger partial charge in [-0.25, -0.2) is 4.79 Å². The number of urea groups is 1. The van der Waals surface area contributed by atoms with Crippen LogP contribution in [0, 0.1) is 11.8 Å². The maximum Gasteiger partial charge on any atom is 0.317 e. The summed E-state index contributed by atoms with van der Waals surface area (Å²) >= 11 is 0. The molecule has 1 aliphatic carbocycles. The molecule has 2 saturated heterocycles. The quantitative estimate of drug-likeness (QED) is 0.712. The predicted molar refractivity (Wildman–Crippen MR) is 68.4 cm³/mol. The Kier molecular flexibility index (Phi) is 3.70. The lowest BCUT2D eigenvalue weighted by Gasteiger charge is -2.34. The highest BCUT2D eigenvalue weighted by molar-refractivity contribution is 5.74. The van der Waals surface area contributed by atoms with E-state index in [4.69, 9.17) is 4.74 Å². The Morgan fingerprint density at radius 3 is 2.78 bits per heavy atom. The molecule has 5 heteroatoms. The van der Waals surface area contributed by atoms with Gasteiger partial charge in [0.2, 0.25) is 0 Å². The highest BCUT2D eigenvalue weighted by atomic mass is 16.5. The van der Waals surface area contributed by atoms with E-state index in [1.54, 1.807) is 0 Å². The second kappa shape index (κ2) is 5.45. The fourth-order valence-corrected chi connectivity index (χ4v) is 3.46. The molecule has 0 aromatic heterocycles. The lowest BCUT2D eigenvalue weighted by Crippen LogP contribution is -2.50. The van der Waals surface area contributed by atoms with E-state index < -0.39 is 0 Å². The van der Waals surface area contributed by atoms with Crippen molar-refractivity contribution in [2.45, 2.75) is 25.3 Å². The first kappa shape index (κ1) is 12.2. The summed E-state index contributed by atoms with van der Waals surface area (Å²) in [5, 5.41) is 6.67. The Bertz CT molecular complexity index is 305. The van der Waals surface area contributed by atoms with Crippen LogP contribution in [-0.2, 0) is 4.74 Å². The molecule has 3 atom stereocenters. The molecule has 2 aliphatic heterocycles. The molecule has 0 spiro atoms. The van der Waals surface area contributed by atoms with Gasteiger partial charge in [-0.2, -0.15) is 0 Å². The van der Waals surface area contributed by atoms with Gasteiger partial charge in [-0.1, -0.05) is 0 Å². The number of ether oxygens (including phenoxy) is 1. The van der Waals surface area contributed by atoms with Crippen molar-refractivity contribution in [3.8, 4) is 0 Å². The van der Waals surface area contributed by atoms with Gasteiger partial charge in [0.25, 0.3) is 0 Å². The average molecular weight is 253 g/mol. The van der Waals surface area contributed by atoms with Gasteiger partial charge in [0.05, 0.1) is 13.2 Å². The van der Waals surface area contributed by atoms with Crippen molar-refractivity contribution in [2.75, 3.05) is 39.4 Å². The van der Waals surface area contributed by atoms with E-state index in [0.29, 0.717) is 19.3 Å². The number of hydrogen-bond donors (Lipinski definition) is 2. The molecule has 0 radical (unpaired) electrons. The molecule has 0 aromatic carbocycles. The molecule has 102 valence electrons. The van der Waals surface area contributed by atoms with Crippen LogP contribution in [0.3, 0.4) is 0 Å². The molecule has 2 N–H and O–H groups in total. The Hall–Kier alpha value is -0.810. The van der Waals surface area contributed by atoms with Gasteiger partial charge >= 0.3 is 6.03 Å². The van der Waals surface area contributed by atoms with E-state index in [0.717, 1.165) is 44.3 Å². The molecule has 0 bridgehead atoms. The molecular formula is C13H23N3O2. The van der Waals surface area contributed by atoms with E-state index in [9.17, 15) is 4.79 Å². The first-order valence-electron chi connectivity index (χ1n) is 7.17. The van der Waals surface area contributed by atoms with Gasteiger partial charge in [0, 0.05) is 19.1 Å². The molecule has 1 saturated carbocycles. The first-order chi connectivity index (χ1) is 8.83. The van der Waals surface area contributed by atoms with Crippen molar-refractivity contribution in [1.29, 1.82) is 0 Å². The van der Waals surface area contributed by atoms with E-state index in [1.807, 2.05) is 4.90 Å². The number of hydrogen-bond acceptors (Lipinski definition) is 3. The highest BCUT2D eigenvalue weighted by Gasteiger charge is 2.34. The molecular weight excluding hydrogens is 230 g/mol. The Labute approximate surface area is 108 Å². The maximum absolute atomic E-state index is 12.1. The molecule has 2 amide bonds. The van der Waals surface area contributed by atoms with Crippen LogP contribution in [0.1, 0.15) is 19.3 Å². The third-order valence-electron chi connectivity index (χ3n) is 4.58. The summed E-state index contributed by atoms with van der Waals surface area (Å²) in [6.45, 7) is 5.11. The normalized spacial score (nSPS) is 36.2. The molecule has 5 nitrogen and oxygen atoms in total. The molecule has 2 heterocycles. The topological polar surface area (TPSA) is 53.6 Å². The second-order valence-corrected chi connectivity index (χ2v) is 5.74. The van der Waals surface area contributed by atoms with Gasteiger partial charge in [-0.05, 0) is 44.2 Å². The van der Waals surface area contributed by atoms with Crippen molar-refractivity contribution < 1.29 is 9.53 Å². The smallest absolute Gasteiger partial charge is 0.317 e. The number of nitrogens with one attached hydrogen (secondary N) is 2. The molecule has 1 unspecified atom stereocenters. The van der Waals surface area contributed by atoms with Crippen LogP contribution in [0.15, 0.2) is 0 Å². The zero-order chi connectivity index (χ0) is 12.4. The zero-order valence-corrected chi connectivity index (χ0v) is 10.9. The SMILES string of the molecule is O=C(NC1CC[C@H]2CNC[C@H]2C1)N1CCOCC1. The van der Waals surface area contributed by atoms with E-state index in [-0.39, 0.29) is 6.03 Å². The summed E-state index contributed by atoms with van der Waals surface area (Å²) < 4.78 is 5.27. The van der Waals surface area contributed by atoms with Gasteiger partial charge in [0.15, 0.2) is 0 Å². The third kappa shape index (κ3) is 2.62. The molecule has 3 rings (SSSR count). The van der Waals surface area contributed by atoms with Crippen molar-refractivity contribution >= 4 is 6.03 Å². The van der Waals surface area contributed by atoms with E-state index in [2.05, 4.69) is 10.6 Å². The molecule has 3 fully saturated rings. The van der Waals surface area contributed by atoms with E-state index >= 15 is 0 Å². The summed E-state index contributed by atoms with van der Waals surface area (Å²) in [5.74, 6) is 1.62. The van der Waals surface area contributed by atoms with Crippen molar-refractivity contribution in [1.82, 2.24) is 15.5 Å². The minimum Gasteiger partial charge on any atom is -0.378 e. The number of rotatable bonds is 1. The van der Waals surface area contributed by atoms with Gasteiger partial charge in [-0.3, -0.25) is 0 Å². The summed E-state index contributed by atoms with van der Waals surface area (Å²) in [7, 11) is 0. The lowest BCUT2D eigenvalue weighted by atomic mass is 9.79. The predicted octanol–water partition coefficient (Wildman–Crippen LogP) is 0.416. The summed E-state index contributed by atoms with van der Waals surface area (Å²) in [4.78, 5) is 14.0. The fraction of sp³-hybridized carbons (Fsp3) is 0.923. The fourth-order valence-electron chi connectivity index (χ4n) is 3.46. The van der Waals surface area contributed by atoms with Crippen LogP contribution >= 0.6 is 0 Å². The lowest BCUT2D eigenvalue weighted by molar-refractivity contribution is 0.0517. The summed E-state index contributed by atoms with van der Waals surface area (Å²) in [5.41, 5.74) is 0. The minimum atomic E-state index is 0.104. The number of fused-ring (bicyclic) bond motifs is 1. The van der Waals surface area contributed by atoms with Crippen molar-refractivity contribution in [3.63, 3.8) is 0 Å². The Morgan fingerprint density at radius 1 is 1.17 bits per heavy atom. The number of carbonyl (C=O) groups is 1. The van der Waals surface area contributed by atoms with Crippen molar-refractivity contribution in [2.24, 2.45) is 11.8 Å². The maximum atomic E-state index is 12.1. The minimum absolute atomic E-state index is 0.104. The Balaban J connectivity index is 1.48. The van der Waals surface area contributed by atoms with E-state index in [1.165, 1.54) is 13.0 Å². The largest absolute Gasteiger partial charge is 0.378 e. The van der Waals surface area contributed by atoms with Gasteiger partial charge in [0.1, 0.15) is 0 Å². The monoisotopic (exact) mass is 253 g/mol. The number of carbonyl (C=O) groups excluding carboxylic acids is 1. The van der Waals surface area contributed by atoms with Crippen LogP contribution in [0.2, 0.25) is 0 Å². The first-order valence-corrected chi connectivity index (χ1v) is 7.17. The van der Waals surface area contributed by atoms with Crippen LogP contribution < -0.4 is 10.6 Å². The number of morpholine rings is 1. The average Bonchev–Trinajstić information content (AvgIpc) is 2.87. The number of amides is 2. The highest BCUT2D eigenvalue weighted by Crippen LogP contribution is 2.32. The molecule has 18 heavy (non-hydrogen) atoms. The second-order valence-electron chi connectivity index (χ2n) is 5.74. The van der Waals surface area contributed by atoms with Crippen LogP contribution in [0.25, 0.3) is 0 Å².